The number of benzene rings is 1. The minimum absolute atomic E-state index is 0.0841. The topological polar surface area (TPSA) is 74.5 Å². The highest BCUT2D eigenvalue weighted by Crippen LogP contribution is 2.26. The van der Waals surface area contributed by atoms with Crippen LogP contribution in [0.5, 0.6) is 0 Å². The third kappa shape index (κ3) is 3.88. The maximum Gasteiger partial charge on any atom is 0.240 e. The zero-order chi connectivity index (χ0) is 17.8. The molecule has 2 aromatic rings. The number of likely N-dealkylation sites (N-methyl/N-ethyl adjacent to an activating group) is 1. The lowest BCUT2D eigenvalue weighted by Gasteiger charge is -2.32. The van der Waals surface area contributed by atoms with Crippen LogP contribution in [0.3, 0.4) is 0 Å². The Hall–Kier alpha value is -2.25. The van der Waals surface area contributed by atoms with Crippen LogP contribution in [0.4, 0.5) is 5.69 Å². The molecule has 1 atom stereocenters. The Morgan fingerprint density at radius 3 is 2.76 bits per heavy atom. The van der Waals surface area contributed by atoms with Crippen LogP contribution in [0.15, 0.2) is 30.3 Å². The summed E-state index contributed by atoms with van der Waals surface area (Å²) >= 11 is 0. The Kier molecular flexibility index (Phi) is 5.45. The largest absolute Gasteiger partial charge is 0.388 e. The second-order valence-corrected chi connectivity index (χ2v) is 6.55. The average molecular weight is 343 g/mol. The first kappa shape index (κ1) is 17.6. The Labute approximate surface area is 147 Å². The molecule has 25 heavy (non-hydrogen) atoms. The number of rotatable bonds is 5. The summed E-state index contributed by atoms with van der Waals surface area (Å²) in [5.41, 5.74) is 0.905. The zero-order valence-electron chi connectivity index (χ0n) is 14.8. The monoisotopic (exact) mass is 343 g/mol. The van der Waals surface area contributed by atoms with Crippen LogP contribution in [-0.4, -0.2) is 57.4 Å². The standard InChI is InChI=1S/C18H25N5O2/c1-21(15-8-4-3-5-9-15)17(25)12-23-10-6-7-14(11-23)18-20-19-16(13-24)22(18)2/h3-5,8-9,14,24H,6-7,10-13H2,1-2H3. The van der Waals surface area contributed by atoms with Crippen LogP contribution >= 0.6 is 0 Å². The van der Waals surface area contributed by atoms with E-state index in [1.165, 1.54) is 0 Å². The van der Waals surface area contributed by atoms with Crippen LogP contribution in [0, 0.1) is 0 Å². The molecule has 3 rings (SSSR count). The number of carbonyl (C=O) groups excluding carboxylic acids is 1. The van der Waals surface area contributed by atoms with Crippen LogP contribution in [-0.2, 0) is 18.4 Å². The van der Waals surface area contributed by atoms with Gasteiger partial charge in [-0.2, -0.15) is 0 Å². The number of likely N-dealkylation sites (tertiary alicyclic amines) is 1. The highest BCUT2D eigenvalue weighted by atomic mass is 16.3. The first-order valence-corrected chi connectivity index (χ1v) is 8.63. The van der Waals surface area contributed by atoms with E-state index in [0.717, 1.165) is 37.4 Å². The van der Waals surface area contributed by atoms with Crippen molar-refractivity contribution in [2.75, 3.05) is 31.6 Å². The molecule has 0 radical (unpaired) electrons. The van der Waals surface area contributed by atoms with Gasteiger partial charge in [-0.15, -0.1) is 10.2 Å². The predicted molar refractivity (Wildman–Crippen MR) is 95.2 cm³/mol. The van der Waals surface area contributed by atoms with Crippen molar-refractivity contribution in [2.24, 2.45) is 7.05 Å². The van der Waals surface area contributed by atoms with Crippen molar-refractivity contribution >= 4 is 11.6 Å². The molecule has 1 unspecified atom stereocenters. The quantitative estimate of drug-likeness (QED) is 0.881. The summed E-state index contributed by atoms with van der Waals surface area (Å²) in [7, 11) is 3.70. The van der Waals surface area contributed by atoms with Crippen molar-refractivity contribution < 1.29 is 9.90 Å². The van der Waals surface area contributed by atoms with E-state index in [1.54, 1.807) is 4.90 Å². The lowest BCUT2D eigenvalue weighted by atomic mass is 9.97. The Morgan fingerprint density at radius 1 is 1.32 bits per heavy atom. The lowest BCUT2D eigenvalue weighted by molar-refractivity contribution is -0.119. The molecular weight excluding hydrogens is 318 g/mol. The number of amides is 1. The Balaban J connectivity index is 1.63. The number of piperidine rings is 1. The van der Waals surface area contributed by atoms with Crippen LogP contribution < -0.4 is 4.90 Å². The van der Waals surface area contributed by atoms with Crippen molar-refractivity contribution in [2.45, 2.75) is 25.4 Å². The summed E-state index contributed by atoms with van der Waals surface area (Å²) in [5, 5.41) is 17.6. The molecular formula is C18H25N5O2. The predicted octanol–water partition coefficient (Wildman–Crippen LogP) is 1.15. The number of nitrogens with zero attached hydrogens (tertiary/aromatic N) is 5. The smallest absolute Gasteiger partial charge is 0.240 e. The number of aliphatic hydroxyl groups is 1. The van der Waals surface area contributed by atoms with Gasteiger partial charge in [0.1, 0.15) is 12.4 Å². The van der Waals surface area contributed by atoms with Crippen molar-refractivity contribution in [3.63, 3.8) is 0 Å². The molecule has 2 heterocycles. The second-order valence-electron chi connectivity index (χ2n) is 6.55. The fourth-order valence-electron chi connectivity index (χ4n) is 3.37. The maximum atomic E-state index is 12.6. The molecule has 7 heteroatoms. The number of para-hydroxylation sites is 1. The van der Waals surface area contributed by atoms with Crippen LogP contribution in [0.1, 0.15) is 30.4 Å². The van der Waals surface area contributed by atoms with E-state index >= 15 is 0 Å². The molecule has 1 aliphatic rings. The van der Waals surface area contributed by atoms with Gasteiger partial charge in [0, 0.05) is 32.2 Å². The fraction of sp³-hybridized carbons (Fsp3) is 0.500. The van der Waals surface area contributed by atoms with Gasteiger partial charge in [0.25, 0.3) is 0 Å². The number of anilines is 1. The number of carbonyl (C=O) groups is 1. The number of aliphatic hydroxyl groups excluding tert-OH is 1. The zero-order valence-corrected chi connectivity index (χ0v) is 14.8. The molecule has 1 fully saturated rings. The molecule has 1 saturated heterocycles. The van der Waals surface area contributed by atoms with E-state index in [4.69, 9.17) is 0 Å². The number of aromatic nitrogens is 3. The van der Waals surface area contributed by atoms with E-state index in [-0.39, 0.29) is 18.4 Å². The lowest BCUT2D eigenvalue weighted by Crippen LogP contribution is -2.43. The molecule has 7 nitrogen and oxygen atoms in total. The molecule has 1 amide bonds. The van der Waals surface area contributed by atoms with Crippen LogP contribution in [0.2, 0.25) is 0 Å². The molecule has 1 aromatic heterocycles. The third-order valence-corrected chi connectivity index (χ3v) is 4.89. The van der Waals surface area contributed by atoms with Gasteiger partial charge in [0.2, 0.25) is 5.91 Å². The minimum atomic E-state index is -0.111. The SMILES string of the molecule is CN(C(=O)CN1CCCC(c2nnc(CO)n2C)C1)c1ccccc1. The molecule has 0 spiro atoms. The van der Waals surface area contributed by atoms with Gasteiger partial charge < -0.3 is 14.6 Å². The summed E-state index contributed by atoms with van der Waals surface area (Å²) in [5.74, 6) is 1.78. The second kappa shape index (κ2) is 7.76. The summed E-state index contributed by atoms with van der Waals surface area (Å²) < 4.78 is 1.87. The fourth-order valence-corrected chi connectivity index (χ4v) is 3.37. The summed E-state index contributed by atoms with van der Waals surface area (Å²) in [4.78, 5) is 16.5. The summed E-state index contributed by atoms with van der Waals surface area (Å²) in [6.45, 7) is 1.98. The van der Waals surface area contributed by atoms with E-state index in [1.807, 2.05) is 49.0 Å². The highest BCUT2D eigenvalue weighted by molar-refractivity contribution is 5.94. The molecule has 1 N–H and O–H groups in total. The molecule has 0 bridgehead atoms. The van der Waals surface area contributed by atoms with E-state index < -0.39 is 0 Å². The van der Waals surface area contributed by atoms with E-state index in [2.05, 4.69) is 15.1 Å². The molecule has 0 aliphatic carbocycles. The number of hydrogen-bond donors (Lipinski definition) is 1. The Bertz CT molecular complexity index is 716. The number of hydrogen-bond acceptors (Lipinski definition) is 5. The van der Waals surface area contributed by atoms with E-state index in [9.17, 15) is 9.90 Å². The van der Waals surface area contributed by atoms with Crippen molar-refractivity contribution in [1.82, 2.24) is 19.7 Å². The van der Waals surface area contributed by atoms with Gasteiger partial charge in [-0.25, -0.2) is 0 Å². The van der Waals surface area contributed by atoms with Gasteiger partial charge in [-0.1, -0.05) is 18.2 Å². The highest BCUT2D eigenvalue weighted by Gasteiger charge is 2.27. The summed E-state index contributed by atoms with van der Waals surface area (Å²) in [6.07, 6.45) is 2.05. The van der Waals surface area contributed by atoms with Crippen molar-refractivity contribution in [3.8, 4) is 0 Å². The van der Waals surface area contributed by atoms with Gasteiger partial charge in [0.15, 0.2) is 5.82 Å². The molecule has 1 aliphatic heterocycles. The molecule has 0 saturated carbocycles. The van der Waals surface area contributed by atoms with Crippen molar-refractivity contribution in [1.29, 1.82) is 0 Å². The first-order chi connectivity index (χ1) is 12.1. The minimum Gasteiger partial charge on any atom is -0.388 e. The molecule has 134 valence electrons. The maximum absolute atomic E-state index is 12.6. The van der Waals surface area contributed by atoms with Gasteiger partial charge in [0.05, 0.1) is 6.54 Å². The summed E-state index contributed by atoms with van der Waals surface area (Å²) in [6, 6.07) is 9.68. The van der Waals surface area contributed by atoms with Gasteiger partial charge >= 0.3 is 0 Å². The van der Waals surface area contributed by atoms with Crippen LogP contribution in [0.25, 0.3) is 0 Å². The first-order valence-electron chi connectivity index (χ1n) is 8.63. The molecule has 1 aromatic carbocycles. The third-order valence-electron chi connectivity index (χ3n) is 4.89. The normalized spacial score (nSPS) is 18.3. The van der Waals surface area contributed by atoms with Crippen molar-refractivity contribution in [3.05, 3.63) is 42.0 Å². The van der Waals surface area contributed by atoms with Gasteiger partial charge in [-0.3, -0.25) is 9.69 Å². The van der Waals surface area contributed by atoms with Gasteiger partial charge in [-0.05, 0) is 31.5 Å². The van der Waals surface area contributed by atoms with E-state index in [0.29, 0.717) is 12.4 Å². The Morgan fingerprint density at radius 2 is 2.08 bits per heavy atom. The average Bonchev–Trinajstić information content (AvgIpc) is 3.02.